The average molecular weight is 251 g/mol. The van der Waals surface area contributed by atoms with Crippen LogP contribution in [0.2, 0.25) is 0 Å². The SMILES string of the molecule is C=CCO/N=C1/C[C@H]2[C@@H](C[C@]1(C)[NH+](C)C)C2(C)C. The third-order valence-electron chi connectivity index (χ3n) is 5.44. The first-order valence-electron chi connectivity index (χ1n) is 6.95. The fraction of sp³-hybridized carbons (Fsp3) is 0.800. The molecule has 0 aliphatic heterocycles. The summed E-state index contributed by atoms with van der Waals surface area (Å²) in [5, 5.41) is 4.41. The zero-order valence-electron chi connectivity index (χ0n) is 12.4. The molecule has 0 aromatic heterocycles. The lowest BCUT2D eigenvalue weighted by atomic mass is 9.80. The van der Waals surface area contributed by atoms with Gasteiger partial charge in [-0.3, -0.25) is 0 Å². The first-order valence-corrected chi connectivity index (χ1v) is 6.95. The summed E-state index contributed by atoms with van der Waals surface area (Å²) in [6, 6.07) is 0. The smallest absolute Gasteiger partial charge is 0.137 e. The van der Waals surface area contributed by atoms with Crippen LogP contribution in [0.3, 0.4) is 0 Å². The summed E-state index contributed by atoms with van der Waals surface area (Å²) < 4.78 is 0. The minimum absolute atomic E-state index is 0.121. The van der Waals surface area contributed by atoms with Crippen LogP contribution in [0.5, 0.6) is 0 Å². The van der Waals surface area contributed by atoms with Crippen molar-refractivity contribution in [2.45, 2.75) is 39.2 Å². The monoisotopic (exact) mass is 251 g/mol. The Balaban J connectivity index is 2.19. The molecule has 3 atom stereocenters. The van der Waals surface area contributed by atoms with Crippen molar-refractivity contribution < 1.29 is 9.74 Å². The Morgan fingerprint density at radius 1 is 1.39 bits per heavy atom. The number of nitrogens with one attached hydrogen (secondary N) is 1. The molecule has 2 rings (SSSR count). The van der Waals surface area contributed by atoms with Gasteiger partial charge in [0, 0.05) is 6.42 Å². The first kappa shape index (κ1) is 13.6. The minimum atomic E-state index is 0.121. The van der Waals surface area contributed by atoms with Gasteiger partial charge < -0.3 is 9.74 Å². The first-order chi connectivity index (χ1) is 8.34. The minimum Gasteiger partial charge on any atom is -0.391 e. The van der Waals surface area contributed by atoms with Gasteiger partial charge in [0.05, 0.1) is 14.1 Å². The second-order valence-electron chi connectivity index (χ2n) is 6.90. The van der Waals surface area contributed by atoms with E-state index in [1.54, 1.807) is 6.08 Å². The van der Waals surface area contributed by atoms with Gasteiger partial charge in [0.1, 0.15) is 17.9 Å². The van der Waals surface area contributed by atoms with Crippen LogP contribution in [0.15, 0.2) is 17.8 Å². The molecule has 0 aromatic carbocycles. The third-order valence-corrected chi connectivity index (χ3v) is 5.44. The summed E-state index contributed by atoms with van der Waals surface area (Å²) in [4.78, 5) is 6.81. The summed E-state index contributed by atoms with van der Waals surface area (Å²) in [7, 11) is 4.44. The fourth-order valence-electron chi connectivity index (χ4n) is 3.46. The summed E-state index contributed by atoms with van der Waals surface area (Å²) in [5.74, 6) is 1.66. The Bertz CT molecular complexity index is 373. The van der Waals surface area contributed by atoms with Gasteiger partial charge in [0.25, 0.3) is 0 Å². The lowest BCUT2D eigenvalue weighted by Crippen LogP contribution is -3.16. The highest BCUT2D eigenvalue weighted by molar-refractivity contribution is 5.93. The Labute approximate surface area is 111 Å². The molecule has 0 aromatic rings. The van der Waals surface area contributed by atoms with Gasteiger partial charge in [0.15, 0.2) is 0 Å². The van der Waals surface area contributed by atoms with Crippen LogP contribution in [-0.2, 0) is 4.84 Å². The predicted octanol–water partition coefficient (Wildman–Crippen LogP) is 1.51. The Morgan fingerprint density at radius 2 is 2.06 bits per heavy atom. The molecule has 1 N–H and O–H groups in total. The highest BCUT2D eigenvalue weighted by atomic mass is 16.6. The molecular weight excluding hydrogens is 224 g/mol. The summed E-state index contributed by atoms with van der Waals surface area (Å²) in [6.07, 6.45) is 4.07. The zero-order valence-corrected chi connectivity index (χ0v) is 12.4. The van der Waals surface area contributed by atoms with Gasteiger partial charge in [-0.15, -0.1) is 0 Å². The molecule has 2 fully saturated rings. The topological polar surface area (TPSA) is 26.0 Å². The zero-order chi connectivity index (χ0) is 13.6. The van der Waals surface area contributed by atoms with E-state index in [1.165, 1.54) is 17.0 Å². The molecule has 2 aliphatic carbocycles. The van der Waals surface area contributed by atoms with Crippen molar-refractivity contribution >= 4 is 5.71 Å². The summed E-state index contributed by atoms with van der Waals surface area (Å²) in [6.45, 7) is 11.3. The van der Waals surface area contributed by atoms with Gasteiger partial charge in [-0.2, -0.15) is 0 Å². The van der Waals surface area contributed by atoms with E-state index in [0.717, 1.165) is 18.3 Å². The van der Waals surface area contributed by atoms with Crippen molar-refractivity contribution in [2.75, 3.05) is 20.7 Å². The largest absolute Gasteiger partial charge is 0.391 e. The number of quaternary nitrogens is 1. The summed E-state index contributed by atoms with van der Waals surface area (Å²) in [5.41, 5.74) is 1.85. The van der Waals surface area contributed by atoms with Crippen LogP contribution in [-0.4, -0.2) is 32.0 Å². The number of hydrogen-bond donors (Lipinski definition) is 1. The number of oxime groups is 1. The van der Waals surface area contributed by atoms with Crippen LogP contribution in [0.25, 0.3) is 0 Å². The van der Waals surface area contributed by atoms with Crippen LogP contribution >= 0.6 is 0 Å². The Morgan fingerprint density at radius 3 is 2.61 bits per heavy atom. The molecule has 0 heterocycles. The van der Waals surface area contributed by atoms with Crippen molar-refractivity contribution in [2.24, 2.45) is 22.4 Å². The number of nitrogens with zero attached hydrogens (tertiary/aromatic N) is 1. The molecule has 0 unspecified atom stereocenters. The molecule has 0 saturated heterocycles. The van der Waals surface area contributed by atoms with Crippen molar-refractivity contribution in [1.82, 2.24) is 0 Å². The van der Waals surface area contributed by atoms with E-state index in [1.807, 2.05) is 0 Å². The van der Waals surface area contributed by atoms with Gasteiger partial charge in [0.2, 0.25) is 0 Å². The molecule has 0 radical (unpaired) electrons. The Hall–Kier alpha value is -0.830. The molecule has 0 spiro atoms. The maximum Gasteiger partial charge on any atom is 0.137 e. The third kappa shape index (κ3) is 1.99. The molecule has 0 bridgehead atoms. The predicted molar refractivity (Wildman–Crippen MR) is 74.8 cm³/mol. The molecular formula is C15H27N2O+. The molecule has 2 saturated carbocycles. The number of fused-ring (bicyclic) bond motifs is 1. The maximum absolute atomic E-state index is 5.36. The second kappa shape index (κ2) is 4.37. The van der Waals surface area contributed by atoms with E-state index < -0.39 is 0 Å². The highest BCUT2D eigenvalue weighted by Crippen LogP contribution is 2.65. The normalized spacial score (nSPS) is 39.6. The molecule has 2 aliphatic rings. The summed E-state index contributed by atoms with van der Waals surface area (Å²) >= 11 is 0. The Kier molecular flexibility index (Phi) is 3.30. The van der Waals surface area contributed by atoms with E-state index in [0.29, 0.717) is 12.0 Å². The maximum atomic E-state index is 5.36. The van der Waals surface area contributed by atoms with E-state index in [4.69, 9.17) is 4.84 Å². The molecule has 3 nitrogen and oxygen atoms in total. The molecule has 102 valence electrons. The highest BCUT2D eigenvalue weighted by Gasteiger charge is 2.65. The molecule has 0 amide bonds. The van der Waals surface area contributed by atoms with Gasteiger partial charge in [-0.25, -0.2) is 0 Å². The van der Waals surface area contributed by atoms with Gasteiger partial charge >= 0.3 is 0 Å². The van der Waals surface area contributed by atoms with E-state index in [-0.39, 0.29) is 5.54 Å². The number of rotatable bonds is 4. The van der Waals surface area contributed by atoms with E-state index in [9.17, 15) is 0 Å². The van der Waals surface area contributed by atoms with Crippen LogP contribution < -0.4 is 4.90 Å². The van der Waals surface area contributed by atoms with Crippen molar-refractivity contribution in [3.63, 3.8) is 0 Å². The number of hydrogen-bond acceptors (Lipinski definition) is 2. The van der Waals surface area contributed by atoms with Crippen LogP contribution in [0.4, 0.5) is 0 Å². The standard InChI is InChI=1S/C15H26N2O/c1-7-8-18-16-13-9-11-12(14(11,2)3)10-15(13,4)17(5)6/h7,11-12H,1,8-10H2,2-6H3/p+1/b16-13-/t11-,12+,15-/m0/s1. The fourth-order valence-corrected chi connectivity index (χ4v) is 3.46. The molecule has 3 heteroatoms. The van der Waals surface area contributed by atoms with Crippen molar-refractivity contribution in [1.29, 1.82) is 0 Å². The van der Waals surface area contributed by atoms with Crippen molar-refractivity contribution in [3.05, 3.63) is 12.7 Å². The van der Waals surface area contributed by atoms with Crippen molar-refractivity contribution in [3.8, 4) is 0 Å². The van der Waals surface area contributed by atoms with Gasteiger partial charge in [-0.05, 0) is 30.6 Å². The molecule has 18 heavy (non-hydrogen) atoms. The lowest BCUT2D eigenvalue weighted by Gasteiger charge is -2.36. The average Bonchev–Trinajstić information content (AvgIpc) is 2.80. The van der Waals surface area contributed by atoms with Crippen LogP contribution in [0, 0.1) is 17.3 Å². The quantitative estimate of drug-likeness (QED) is 0.457. The second-order valence-corrected chi connectivity index (χ2v) is 6.90. The van der Waals surface area contributed by atoms with Crippen LogP contribution in [0.1, 0.15) is 33.6 Å². The van der Waals surface area contributed by atoms with E-state index >= 15 is 0 Å². The van der Waals surface area contributed by atoms with E-state index in [2.05, 4.69) is 46.6 Å². The van der Waals surface area contributed by atoms with Gasteiger partial charge in [-0.1, -0.05) is 31.7 Å². The lowest BCUT2D eigenvalue weighted by molar-refractivity contribution is -0.901.